The third-order valence-corrected chi connectivity index (χ3v) is 2.54. The van der Waals surface area contributed by atoms with E-state index in [-0.39, 0.29) is 12.2 Å². The molecule has 0 saturated carbocycles. The standard InChI is InChI=1S/C13H10F3N5/c14-13(15,16)10-7-11(21-12(18)20-10)19-9-3-1-8(2-4-9)5-6-17/h1-4,7H,5H2,(H3,18,19,20,21). The van der Waals surface area contributed by atoms with Gasteiger partial charge in [-0.05, 0) is 17.7 Å². The maximum atomic E-state index is 12.6. The van der Waals surface area contributed by atoms with Gasteiger partial charge in [-0.15, -0.1) is 0 Å². The first-order chi connectivity index (χ1) is 9.88. The van der Waals surface area contributed by atoms with Crippen LogP contribution in [-0.4, -0.2) is 9.97 Å². The van der Waals surface area contributed by atoms with Crippen molar-refractivity contribution in [1.29, 1.82) is 5.26 Å². The Hall–Kier alpha value is -2.82. The molecule has 0 amide bonds. The van der Waals surface area contributed by atoms with Gasteiger partial charge in [-0.3, -0.25) is 0 Å². The number of anilines is 3. The topological polar surface area (TPSA) is 87.6 Å². The number of alkyl halides is 3. The number of nitrogens with two attached hydrogens (primary N) is 1. The Morgan fingerprint density at radius 1 is 1.19 bits per heavy atom. The fourth-order valence-corrected chi connectivity index (χ4v) is 1.62. The third kappa shape index (κ3) is 3.82. The summed E-state index contributed by atoms with van der Waals surface area (Å²) in [5, 5.41) is 11.3. The van der Waals surface area contributed by atoms with E-state index in [1.165, 1.54) is 0 Å². The molecule has 2 rings (SSSR count). The van der Waals surface area contributed by atoms with Crippen molar-refractivity contribution in [3.05, 3.63) is 41.6 Å². The van der Waals surface area contributed by atoms with Gasteiger partial charge in [0.25, 0.3) is 0 Å². The summed E-state index contributed by atoms with van der Waals surface area (Å²) in [7, 11) is 0. The molecule has 2 aromatic rings. The van der Waals surface area contributed by atoms with Gasteiger partial charge in [-0.25, -0.2) is 4.98 Å². The molecular weight excluding hydrogens is 283 g/mol. The van der Waals surface area contributed by atoms with Crippen LogP contribution >= 0.6 is 0 Å². The average Bonchev–Trinajstić information content (AvgIpc) is 2.40. The van der Waals surface area contributed by atoms with Gasteiger partial charge < -0.3 is 11.1 Å². The molecule has 0 spiro atoms. The summed E-state index contributed by atoms with van der Waals surface area (Å²) in [5.41, 5.74) is 5.50. The predicted octanol–water partition coefficient (Wildman–Crippen LogP) is 2.89. The summed E-state index contributed by atoms with van der Waals surface area (Å²) in [5.74, 6) is -0.517. The smallest absolute Gasteiger partial charge is 0.368 e. The first-order valence-electron chi connectivity index (χ1n) is 5.83. The van der Waals surface area contributed by atoms with Gasteiger partial charge in [0, 0.05) is 11.8 Å². The van der Waals surface area contributed by atoms with Gasteiger partial charge in [0.1, 0.15) is 5.82 Å². The number of halogens is 3. The zero-order valence-corrected chi connectivity index (χ0v) is 10.6. The van der Waals surface area contributed by atoms with E-state index in [9.17, 15) is 13.2 Å². The fourth-order valence-electron chi connectivity index (χ4n) is 1.62. The molecular formula is C13H10F3N5. The Kier molecular flexibility index (Phi) is 3.93. The van der Waals surface area contributed by atoms with E-state index < -0.39 is 17.8 Å². The highest BCUT2D eigenvalue weighted by atomic mass is 19.4. The van der Waals surface area contributed by atoms with Crippen molar-refractivity contribution in [2.24, 2.45) is 0 Å². The van der Waals surface area contributed by atoms with E-state index in [1.807, 2.05) is 6.07 Å². The SMILES string of the molecule is N#CCc1ccc(Nc2cc(C(F)(F)F)nc(N)n2)cc1. The zero-order valence-electron chi connectivity index (χ0n) is 10.6. The Labute approximate surface area is 118 Å². The highest BCUT2D eigenvalue weighted by Gasteiger charge is 2.33. The summed E-state index contributed by atoms with van der Waals surface area (Å²) in [6.07, 6.45) is -4.33. The molecule has 0 fully saturated rings. The first-order valence-corrected chi connectivity index (χ1v) is 5.83. The predicted molar refractivity (Wildman–Crippen MR) is 70.5 cm³/mol. The number of aromatic nitrogens is 2. The van der Waals surface area contributed by atoms with Crippen molar-refractivity contribution in [1.82, 2.24) is 9.97 Å². The van der Waals surface area contributed by atoms with Crippen LogP contribution in [0.4, 0.5) is 30.6 Å². The highest BCUT2D eigenvalue weighted by Crippen LogP contribution is 2.29. The molecule has 108 valence electrons. The second kappa shape index (κ2) is 5.66. The largest absolute Gasteiger partial charge is 0.433 e. The molecule has 1 heterocycles. The highest BCUT2D eigenvalue weighted by molar-refractivity contribution is 5.57. The molecule has 0 unspecified atom stereocenters. The lowest BCUT2D eigenvalue weighted by molar-refractivity contribution is -0.141. The van der Waals surface area contributed by atoms with Crippen LogP contribution < -0.4 is 11.1 Å². The summed E-state index contributed by atoms with van der Waals surface area (Å²) >= 11 is 0. The molecule has 3 N–H and O–H groups in total. The molecule has 0 bridgehead atoms. The monoisotopic (exact) mass is 293 g/mol. The maximum absolute atomic E-state index is 12.6. The van der Waals surface area contributed by atoms with E-state index >= 15 is 0 Å². The third-order valence-electron chi connectivity index (χ3n) is 2.54. The normalized spacial score (nSPS) is 11.0. The van der Waals surface area contributed by atoms with Crippen molar-refractivity contribution in [2.75, 3.05) is 11.1 Å². The Morgan fingerprint density at radius 3 is 2.43 bits per heavy atom. The Bertz CT molecular complexity index is 674. The second-order valence-electron chi connectivity index (χ2n) is 4.15. The van der Waals surface area contributed by atoms with Gasteiger partial charge in [0.15, 0.2) is 5.69 Å². The van der Waals surface area contributed by atoms with E-state index in [0.717, 1.165) is 11.6 Å². The number of hydrogen-bond donors (Lipinski definition) is 2. The molecule has 1 aromatic carbocycles. The molecule has 21 heavy (non-hydrogen) atoms. The fraction of sp³-hybridized carbons (Fsp3) is 0.154. The van der Waals surface area contributed by atoms with E-state index in [1.54, 1.807) is 24.3 Å². The first kappa shape index (κ1) is 14.6. The van der Waals surface area contributed by atoms with Crippen molar-refractivity contribution in [3.8, 4) is 6.07 Å². The van der Waals surface area contributed by atoms with Crippen LogP contribution in [-0.2, 0) is 12.6 Å². The minimum atomic E-state index is -4.59. The number of nitrogens with zero attached hydrogens (tertiary/aromatic N) is 3. The van der Waals surface area contributed by atoms with Gasteiger partial charge in [-0.1, -0.05) is 12.1 Å². The molecule has 5 nitrogen and oxygen atoms in total. The molecule has 0 atom stereocenters. The average molecular weight is 293 g/mol. The molecule has 0 aliphatic heterocycles. The van der Waals surface area contributed by atoms with Crippen LogP contribution in [0, 0.1) is 11.3 Å². The van der Waals surface area contributed by atoms with Gasteiger partial charge in [0.2, 0.25) is 5.95 Å². The number of benzene rings is 1. The van der Waals surface area contributed by atoms with Crippen LogP contribution in [0.3, 0.4) is 0 Å². The number of nitriles is 1. The second-order valence-corrected chi connectivity index (χ2v) is 4.15. The number of rotatable bonds is 3. The van der Waals surface area contributed by atoms with Gasteiger partial charge in [0.05, 0.1) is 12.5 Å². The van der Waals surface area contributed by atoms with Crippen molar-refractivity contribution in [2.45, 2.75) is 12.6 Å². The van der Waals surface area contributed by atoms with E-state index in [4.69, 9.17) is 11.0 Å². The molecule has 1 aromatic heterocycles. The molecule has 0 radical (unpaired) electrons. The number of hydrogen-bond acceptors (Lipinski definition) is 5. The number of nitrogen functional groups attached to an aromatic ring is 1. The molecule has 8 heteroatoms. The lowest BCUT2D eigenvalue weighted by Gasteiger charge is -2.10. The van der Waals surface area contributed by atoms with Crippen LogP contribution in [0.25, 0.3) is 0 Å². The van der Waals surface area contributed by atoms with Gasteiger partial charge >= 0.3 is 6.18 Å². The lowest BCUT2D eigenvalue weighted by atomic mass is 10.1. The molecule has 0 aliphatic carbocycles. The minimum Gasteiger partial charge on any atom is -0.368 e. The molecule has 0 saturated heterocycles. The van der Waals surface area contributed by atoms with Crippen LogP contribution in [0.1, 0.15) is 11.3 Å². The minimum absolute atomic E-state index is 0.0529. The summed E-state index contributed by atoms with van der Waals surface area (Å²) in [4.78, 5) is 6.86. The van der Waals surface area contributed by atoms with Crippen molar-refractivity contribution < 1.29 is 13.2 Å². The van der Waals surface area contributed by atoms with E-state index in [0.29, 0.717) is 5.69 Å². The Morgan fingerprint density at radius 2 is 1.86 bits per heavy atom. The van der Waals surface area contributed by atoms with Crippen molar-refractivity contribution >= 4 is 17.5 Å². The van der Waals surface area contributed by atoms with Crippen LogP contribution in [0.2, 0.25) is 0 Å². The van der Waals surface area contributed by atoms with Crippen LogP contribution in [0.15, 0.2) is 30.3 Å². The lowest BCUT2D eigenvalue weighted by Crippen LogP contribution is -2.12. The number of nitrogens with one attached hydrogen (secondary N) is 1. The summed E-state index contributed by atoms with van der Waals surface area (Å²) < 4.78 is 37.9. The zero-order chi connectivity index (χ0) is 15.5. The quantitative estimate of drug-likeness (QED) is 0.908. The van der Waals surface area contributed by atoms with Gasteiger partial charge in [-0.2, -0.15) is 23.4 Å². The summed E-state index contributed by atoms with van der Waals surface area (Å²) in [6, 6.07) is 9.44. The maximum Gasteiger partial charge on any atom is 0.433 e. The Balaban J connectivity index is 2.23. The van der Waals surface area contributed by atoms with Crippen LogP contribution in [0.5, 0.6) is 0 Å². The summed E-state index contributed by atoms with van der Waals surface area (Å²) in [6.45, 7) is 0. The molecule has 0 aliphatic rings. The van der Waals surface area contributed by atoms with E-state index in [2.05, 4.69) is 15.3 Å². The van der Waals surface area contributed by atoms with Crippen molar-refractivity contribution in [3.63, 3.8) is 0 Å².